The van der Waals surface area contributed by atoms with Crippen molar-refractivity contribution in [2.45, 2.75) is 32.1 Å². The second-order valence-electron chi connectivity index (χ2n) is 7.28. The quantitative estimate of drug-likeness (QED) is 0.795. The van der Waals surface area contributed by atoms with Crippen LogP contribution in [0.4, 0.5) is 0 Å². The van der Waals surface area contributed by atoms with Crippen LogP contribution in [0.25, 0.3) is 0 Å². The topological polar surface area (TPSA) is 66.4 Å². The minimum absolute atomic E-state index is 0.00846. The fourth-order valence-corrected chi connectivity index (χ4v) is 4.49. The van der Waals surface area contributed by atoms with Crippen molar-refractivity contribution in [1.82, 2.24) is 19.4 Å². The molecule has 1 aromatic carbocycles. The fraction of sp³-hybridized carbons (Fsp3) is 0.500. The first-order chi connectivity index (χ1) is 13.2. The SMILES string of the molecule is CCCc1nnsc1C(=O)N1CCN(C(=O)[C@H]2C[C@@H]2c2ccccc2)CC1. The number of rotatable bonds is 5. The summed E-state index contributed by atoms with van der Waals surface area (Å²) in [4.78, 5) is 30.0. The number of amides is 2. The summed E-state index contributed by atoms with van der Waals surface area (Å²) in [6, 6.07) is 10.3. The van der Waals surface area contributed by atoms with Crippen LogP contribution >= 0.6 is 11.5 Å². The predicted octanol–water partition coefficient (Wildman–Crippen LogP) is 2.58. The lowest BCUT2D eigenvalue weighted by atomic mass is 10.1. The summed E-state index contributed by atoms with van der Waals surface area (Å²) in [5.74, 6) is 0.714. The number of carbonyl (C=O) groups is 2. The summed E-state index contributed by atoms with van der Waals surface area (Å²) in [5, 5.41) is 4.09. The molecular formula is C20H24N4O2S. The fourth-order valence-electron chi connectivity index (χ4n) is 3.82. The first kappa shape index (κ1) is 18.1. The van der Waals surface area contributed by atoms with E-state index < -0.39 is 0 Å². The van der Waals surface area contributed by atoms with E-state index in [0.717, 1.165) is 25.0 Å². The molecule has 2 aliphatic rings. The third-order valence-electron chi connectivity index (χ3n) is 5.45. The Hall–Kier alpha value is -2.28. The van der Waals surface area contributed by atoms with Gasteiger partial charge in [-0.3, -0.25) is 9.59 Å². The van der Waals surface area contributed by atoms with Crippen LogP contribution in [0.2, 0.25) is 0 Å². The highest BCUT2D eigenvalue weighted by atomic mass is 32.1. The van der Waals surface area contributed by atoms with Gasteiger partial charge in [0.25, 0.3) is 5.91 Å². The number of nitrogens with zero attached hydrogens (tertiary/aromatic N) is 4. The Morgan fingerprint density at radius 2 is 1.81 bits per heavy atom. The highest BCUT2D eigenvalue weighted by Crippen LogP contribution is 2.48. The standard InChI is InChI=1S/C20H24N4O2S/c1-2-6-17-18(27-22-21-17)20(26)24-11-9-23(10-12-24)19(25)16-13-15(16)14-7-4-3-5-8-14/h3-5,7-8,15-16H,2,6,9-13H2,1H3/t15-,16+/m1/s1. The minimum atomic E-state index is 0.00846. The molecule has 1 aromatic heterocycles. The van der Waals surface area contributed by atoms with Gasteiger partial charge in [0.15, 0.2) is 0 Å². The zero-order valence-corrected chi connectivity index (χ0v) is 16.3. The molecule has 6 nitrogen and oxygen atoms in total. The van der Waals surface area contributed by atoms with Gasteiger partial charge in [0.2, 0.25) is 5.91 Å². The van der Waals surface area contributed by atoms with Crippen molar-refractivity contribution < 1.29 is 9.59 Å². The van der Waals surface area contributed by atoms with Crippen LogP contribution < -0.4 is 0 Å². The average Bonchev–Trinajstić information content (AvgIpc) is 3.39. The highest BCUT2D eigenvalue weighted by molar-refractivity contribution is 7.08. The van der Waals surface area contributed by atoms with Gasteiger partial charge in [-0.1, -0.05) is 48.2 Å². The van der Waals surface area contributed by atoms with Crippen LogP contribution in [-0.2, 0) is 11.2 Å². The summed E-state index contributed by atoms with van der Waals surface area (Å²) in [7, 11) is 0. The maximum Gasteiger partial charge on any atom is 0.267 e. The first-order valence-corrected chi connectivity index (χ1v) is 10.4. The number of hydrogen-bond acceptors (Lipinski definition) is 5. The number of hydrogen-bond donors (Lipinski definition) is 0. The monoisotopic (exact) mass is 384 g/mol. The molecule has 7 heteroatoms. The van der Waals surface area contributed by atoms with Crippen LogP contribution in [0.15, 0.2) is 30.3 Å². The molecule has 2 atom stereocenters. The normalized spacial score (nSPS) is 22.0. The van der Waals surface area contributed by atoms with Crippen molar-refractivity contribution in [2.24, 2.45) is 5.92 Å². The Balaban J connectivity index is 1.32. The van der Waals surface area contributed by atoms with Gasteiger partial charge in [-0.2, -0.15) is 0 Å². The van der Waals surface area contributed by atoms with E-state index >= 15 is 0 Å². The number of benzene rings is 1. The number of aryl methyl sites for hydroxylation is 1. The second-order valence-corrected chi connectivity index (χ2v) is 8.03. The molecule has 2 aromatic rings. The second kappa shape index (κ2) is 7.76. The molecule has 27 heavy (non-hydrogen) atoms. The van der Waals surface area contributed by atoms with E-state index in [4.69, 9.17) is 0 Å². The smallest absolute Gasteiger partial charge is 0.267 e. The Labute approximate surface area is 163 Å². The molecule has 0 unspecified atom stereocenters. The maximum absolute atomic E-state index is 12.8. The van der Waals surface area contributed by atoms with Gasteiger partial charge in [-0.15, -0.1) is 5.10 Å². The molecule has 0 N–H and O–H groups in total. The van der Waals surface area contributed by atoms with Crippen LogP contribution in [0.5, 0.6) is 0 Å². The van der Waals surface area contributed by atoms with Gasteiger partial charge in [0.1, 0.15) is 4.88 Å². The van der Waals surface area contributed by atoms with Crippen LogP contribution in [-0.4, -0.2) is 57.4 Å². The van der Waals surface area contributed by atoms with Gasteiger partial charge >= 0.3 is 0 Å². The summed E-state index contributed by atoms with van der Waals surface area (Å²) >= 11 is 1.18. The lowest BCUT2D eigenvalue weighted by Crippen LogP contribution is -2.51. The molecule has 1 saturated carbocycles. The van der Waals surface area contributed by atoms with E-state index in [0.29, 0.717) is 37.0 Å². The molecule has 2 amide bonds. The van der Waals surface area contributed by atoms with E-state index in [1.807, 2.05) is 28.0 Å². The highest BCUT2D eigenvalue weighted by Gasteiger charge is 2.46. The molecule has 1 saturated heterocycles. The van der Waals surface area contributed by atoms with Crippen LogP contribution in [0.3, 0.4) is 0 Å². The number of aromatic nitrogens is 2. The van der Waals surface area contributed by atoms with E-state index in [1.165, 1.54) is 17.1 Å². The largest absolute Gasteiger partial charge is 0.339 e. The van der Waals surface area contributed by atoms with E-state index in [1.54, 1.807) is 0 Å². The molecule has 1 aliphatic heterocycles. The third-order valence-corrected chi connectivity index (χ3v) is 6.21. The van der Waals surface area contributed by atoms with Crippen molar-refractivity contribution in [3.63, 3.8) is 0 Å². The molecule has 1 aliphatic carbocycles. The summed E-state index contributed by atoms with van der Waals surface area (Å²) in [5.41, 5.74) is 2.06. The van der Waals surface area contributed by atoms with Crippen molar-refractivity contribution in [3.8, 4) is 0 Å². The van der Waals surface area contributed by atoms with Gasteiger partial charge < -0.3 is 9.80 Å². The molecule has 2 fully saturated rings. The van der Waals surface area contributed by atoms with Gasteiger partial charge in [-0.25, -0.2) is 0 Å². The van der Waals surface area contributed by atoms with Gasteiger partial charge in [0.05, 0.1) is 5.69 Å². The van der Waals surface area contributed by atoms with Crippen molar-refractivity contribution in [2.75, 3.05) is 26.2 Å². The number of piperazine rings is 1. The first-order valence-electron chi connectivity index (χ1n) is 9.63. The summed E-state index contributed by atoms with van der Waals surface area (Å²) in [6.07, 6.45) is 2.66. The van der Waals surface area contributed by atoms with E-state index in [9.17, 15) is 9.59 Å². The van der Waals surface area contributed by atoms with Crippen LogP contribution in [0, 0.1) is 5.92 Å². The molecule has 0 spiro atoms. The third kappa shape index (κ3) is 3.74. The Morgan fingerprint density at radius 3 is 2.52 bits per heavy atom. The van der Waals surface area contributed by atoms with E-state index in [-0.39, 0.29) is 17.7 Å². The predicted molar refractivity (Wildman–Crippen MR) is 104 cm³/mol. The lowest BCUT2D eigenvalue weighted by molar-refractivity contribution is -0.134. The lowest BCUT2D eigenvalue weighted by Gasteiger charge is -2.34. The van der Waals surface area contributed by atoms with Crippen molar-refractivity contribution in [3.05, 3.63) is 46.5 Å². The molecule has 0 bridgehead atoms. The summed E-state index contributed by atoms with van der Waals surface area (Å²) in [6.45, 7) is 4.45. The molecule has 142 valence electrons. The Bertz CT molecular complexity index is 814. The Kier molecular flexibility index (Phi) is 5.20. The number of carbonyl (C=O) groups excluding carboxylic acids is 2. The van der Waals surface area contributed by atoms with Crippen molar-refractivity contribution >= 4 is 23.3 Å². The minimum Gasteiger partial charge on any atom is -0.339 e. The van der Waals surface area contributed by atoms with Crippen molar-refractivity contribution in [1.29, 1.82) is 0 Å². The van der Waals surface area contributed by atoms with E-state index in [2.05, 4.69) is 28.6 Å². The summed E-state index contributed by atoms with van der Waals surface area (Å²) < 4.78 is 3.95. The average molecular weight is 385 g/mol. The molecule has 0 radical (unpaired) electrons. The maximum atomic E-state index is 12.8. The molecular weight excluding hydrogens is 360 g/mol. The molecule has 2 heterocycles. The van der Waals surface area contributed by atoms with Gasteiger partial charge in [-0.05, 0) is 35.9 Å². The van der Waals surface area contributed by atoms with Gasteiger partial charge in [0, 0.05) is 32.1 Å². The zero-order valence-electron chi connectivity index (χ0n) is 15.5. The zero-order chi connectivity index (χ0) is 18.8. The van der Waals surface area contributed by atoms with Crippen LogP contribution in [0.1, 0.15) is 46.6 Å². The Morgan fingerprint density at radius 1 is 1.11 bits per heavy atom. The molecule has 4 rings (SSSR count).